The van der Waals surface area contributed by atoms with Gasteiger partial charge in [-0.1, -0.05) is 29.4 Å². The Labute approximate surface area is 112 Å². The maximum absolute atomic E-state index is 12.8. The number of aromatic nitrogens is 2. The highest BCUT2D eigenvalue weighted by molar-refractivity contribution is 5.43. The zero-order valence-electron chi connectivity index (χ0n) is 10.6. The minimum Gasteiger partial charge on any atom is -0.337 e. The van der Waals surface area contributed by atoms with Crippen LogP contribution in [0.3, 0.4) is 0 Å². The number of nitrogens with zero attached hydrogens (tertiary/aromatic N) is 2. The lowest BCUT2D eigenvalue weighted by molar-refractivity contribution is -0.190. The number of hydrogen-bond acceptors (Lipinski definition) is 4. The Hall–Kier alpha value is -1.89. The Balaban J connectivity index is 1.90. The van der Waals surface area contributed by atoms with E-state index in [1.807, 2.05) is 24.3 Å². The second-order valence-electron chi connectivity index (χ2n) is 5.11. The topological polar surface area (TPSA) is 64.9 Å². The van der Waals surface area contributed by atoms with Crippen LogP contribution in [-0.2, 0) is 12.0 Å². The van der Waals surface area contributed by atoms with Crippen molar-refractivity contribution in [2.24, 2.45) is 5.73 Å². The average molecular weight is 283 g/mol. The molecule has 0 saturated heterocycles. The van der Waals surface area contributed by atoms with E-state index >= 15 is 0 Å². The van der Waals surface area contributed by atoms with Gasteiger partial charge in [0.05, 0.1) is 5.92 Å². The summed E-state index contributed by atoms with van der Waals surface area (Å²) in [5.74, 6) is -0.475. The molecule has 1 aromatic carbocycles. The predicted molar refractivity (Wildman–Crippen MR) is 63.9 cm³/mol. The molecule has 106 valence electrons. The van der Waals surface area contributed by atoms with Crippen molar-refractivity contribution in [2.45, 2.75) is 31.0 Å². The van der Waals surface area contributed by atoms with Gasteiger partial charge in [0, 0.05) is 0 Å². The van der Waals surface area contributed by atoms with E-state index in [1.54, 1.807) is 0 Å². The summed E-state index contributed by atoms with van der Waals surface area (Å²) in [5.41, 5.74) is 4.79. The quantitative estimate of drug-likeness (QED) is 0.919. The third-order valence-electron chi connectivity index (χ3n) is 3.64. The van der Waals surface area contributed by atoms with Gasteiger partial charge in [0.15, 0.2) is 11.4 Å². The first-order chi connectivity index (χ1) is 9.30. The summed E-state index contributed by atoms with van der Waals surface area (Å²) < 4.78 is 43.2. The smallest absolute Gasteiger partial charge is 0.337 e. The highest BCUT2D eigenvalue weighted by Crippen LogP contribution is 2.40. The summed E-state index contributed by atoms with van der Waals surface area (Å²) >= 11 is 0. The Morgan fingerprint density at radius 3 is 2.65 bits per heavy atom. The highest BCUT2D eigenvalue weighted by Gasteiger charge is 2.54. The molecule has 4 nitrogen and oxygen atoms in total. The summed E-state index contributed by atoms with van der Waals surface area (Å²) in [6.45, 7) is 0.818. The molecule has 1 aliphatic carbocycles. The van der Waals surface area contributed by atoms with E-state index in [4.69, 9.17) is 10.3 Å². The van der Waals surface area contributed by atoms with Crippen molar-refractivity contribution in [3.05, 3.63) is 47.1 Å². The fourth-order valence-electron chi connectivity index (χ4n) is 2.20. The molecule has 1 aliphatic rings. The number of hydrogen-bond donors (Lipinski definition) is 1. The number of rotatable bonds is 2. The second kappa shape index (κ2) is 4.05. The molecular weight excluding hydrogens is 271 g/mol. The standard InChI is InChI=1S/C13H12F3N3O/c1-12(17,13(14,15)16)11-18-10(19-20-11)9-6-7-4-2-3-5-8(7)9/h2-5,9H,6,17H2,1H3. The summed E-state index contributed by atoms with van der Waals surface area (Å²) in [6, 6.07) is 7.66. The number of benzene rings is 1. The molecule has 0 amide bonds. The third-order valence-corrected chi connectivity index (χ3v) is 3.64. The normalized spacial score (nSPS) is 20.9. The van der Waals surface area contributed by atoms with Gasteiger partial charge in [0.2, 0.25) is 0 Å². The van der Waals surface area contributed by atoms with Crippen LogP contribution < -0.4 is 5.73 Å². The number of fused-ring (bicyclic) bond motifs is 1. The van der Waals surface area contributed by atoms with Crippen LogP contribution in [0.25, 0.3) is 0 Å². The molecule has 2 atom stereocenters. The Kier molecular flexibility index (Phi) is 2.66. The van der Waals surface area contributed by atoms with Gasteiger partial charge in [-0.2, -0.15) is 18.2 Å². The first-order valence-corrected chi connectivity index (χ1v) is 6.08. The molecule has 3 rings (SSSR count). The first kappa shape index (κ1) is 13.1. The highest BCUT2D eigenvalue weighted by atomic mass is 19.4. The molecule has 0 spiro atoms. The number of alkyl halides is 3. The van der Waals surface area contributed by atoms with E-state index in [1.165, 1.54) is 0 Å². The first-order valence-electron chi connectivity index (χ1n) is 6.08. The molecule has 1 heterocycles. The third kappa shape index (κ3) is 1.81. The molecule has 0 bridgehead atoms. The number of nitrogens with two attached hydrogens (primary N) is 1. The van der Waals surface area contributed by atoms with Gasteiger partial charge >= 0.3 is 6.18 Å². The van der Waals surface area contributed by atoms with E-state index in [0.29, 0.717) is 6.42 Å². The average Bonchev–Trinajstić information content (AvgIpc) is 2.79. The Morgan fingerprint density at radius 1 is 1.30 bits per heavy atom. The van der Waals surface area contributed by atoms with Gasteiger partial charge in [-0.25, -0.2) is 0 Å². The van der Waals surface area contributed by atoms with Crippen molar-refractivity contribution in [2.75, 3.05) is 0 Å². The van der Waals surface area contributed by atoms with Crippen LogP contribution in [0.5, 0.6) is 0 Å². The van der Waals surface area contributed by atoms with Crippen LogP contribution in [0.4, 0.5) is 13.2 Å². The summed E-state index contributed by atoms with van der Waals surface area (Å²) in [7, 11) is 0. The van der Waals surface area contributed by atoms with Gasteiger partial charge < -0.3 is 10.3 Å². The Morgan fingerprint density at radius 2 is 2.00 bits per heavy atom. The molecule has 1 aromatic heterocycles. The maximum atomic E-state index is 12.8. The molecule has 7 heteroatoms. The van der Waals surface area contributed by atoms with Crippen LogP contribution in [0, 0.1) is 0 Å². The largest absolute Gasteiger partial charge is 0.415 e. The summed E-state index contributed by atoms with van der Waals surface area (Å²) in [4.78, 5) is 3.85. The van der Waals surface area contributed by atoms with Crippen molar-refractivity contribution >= 4 is 0 Å². The summed E-state index contributed by atoms with van der Waals surface area (Å²) in [5, 5.41) is 3.65. The van der Waals surface area contributed by atoms with Gasteiger partial charge in [0.1, 0.15) is 0 Å². The lowest BCUT2D eigenvalue weighted by atomic mass is 9.77. The predicted octanol–water partition coefficient (Wildman–Crippen LogP) is 2.49. The van der Waals surface area contributed by atoms with E-state index in [9.17, 15) is 13.2 Å². The van der Waals surface area contributed by atoms with Crippen LogP contribution in [0.15, 0.2) is 28.8 Å². The lowest BCUT2D eigenvalue weighted by Crippen LogP contribution is -2.48. The van der Waals surface area contributed by atoms with Gasteiger partial charge in [0.25, 0.3) is 5.89 Å². The van der Waals surface area contributed by atoms with Crippen molar-refractivity contribution < 1.29 is 17.7 Å². The Bertz CT molecular complexity index is 648. The minimum absolute atomic E-state index is 0.118. The molecular formula is C13H12F3N3O. The maximum Gasteiger partial charge on any atom is 0.415 e. The fourth-order valence-corrected chi connectivity index (χ4v) is 2.20. The van der Waals surface area contributed by atoms with Crippen LogP contribution in [0.2, 0.25) is 0 Å². The van der Waals surface area contributed by atoms with E-state index in [2.05, 4.69) is 10.1 Å². The van der Waals surface area contributed by atoms with Crippen molar-refractivity contribution in [1.82, 2.24) is 10.1 Å². The summed E-state index contributed by atoms with van der Waals surface area (Å²) in [6.07, 6.45) is -3.95. The van der Waals surface area contributed by atoms with Crippen molar-refractivity contribution in [3.63, 3.8) is 0 Å². The SMILES string of the molecule is CC(N)(c1nc(C2Cc3ccccc32)no1)C(F)(F)F. The second-order valence-corrected chi connectivity index (χ2v) is 5.11. The monoisotopic (exact) mass is 283 g/mol. The number of halogens is 3. The van der Waals surface area contributed by atoms with Crippen LogP contribution in [0.1, 0.15) is 35.7 Å². The van der Waals surface area contributed by atoms with Crippen LogP contribution >= 0.6 is 0 Å². The zero-order valence-corrected chi connectivity index (χ0v) is 10.6. The molecule has 20 heavy (non-hydrogen) atoms. The molecule has 2 unspecified atom stereocenters. The van der Waals surface area contributed by atoms with E-state index < -0.39 is 17.6 Å². The van der Waals surface area contributed by atoms with Gasteiger partial charge in [-0.15, -0.1) is 0 Å². The molecule has 0 fully saturated rings. The lowest BCUT2D eigenvalue weighted by Gasteiger charge is -2.27. The molecule has 0 aliphatic heterocycles. The van der Waals surface area contributed by atoms with Gasteiger partial charge in [-0.05, 0) is 24.5 Å². The van der Waals surface area contributed by atoms with Gasteiger partial charge in [-0.3, -0.25) is 0 Å². The molecule has 2 aromatic rings. The molecule has 0 radical (unpaired) electrons. The van der Waals surface area contributed by atoms with Crippen LogP contribution in [-0.4, -0.2) is 16.3 Å². The molecule has 0 saturated carbocycles. The minimum atomic E-state index is -4.64. The van der Waals surface area contributed by atoms with E-state index in [0.717, 1.165) is 18.1 Å². The molecule has 2 N–H and O–H groups in total. The van der Waals surface area contributed by atoms with Crippen molar-refractivity contribution in [1.29, 1.82) is 0 Å². The fraction of sp³-hybridized carbons (Fsp3) is 0.385. The zero-order chi connectivity index (χ0) is 14.5. The van der Waals surface area contributed by atoms with E-state index in [-0.39, 0.29) is 11.7 Å². The van der Waals surface area contributed by atoms with Crippen molar-refractivity contribution in [3.8, 4) is 0 Å².